The van der Waals surface area contributed by atoms with E-state index >= 15 is 0 Å². The van der Waals surface area contributed by atoms with Gasteiger partial charge in [-0.2, -0.15) is 0 Å². The van der Waals surface area contributed by atoms with Crippen molar-refractivity contribution < 1.29 is 4.74 Å². The van der Waals surface area contributed by atoms with Gasteiger partial charge >= 0.3 is 0 Å². The molecule has 0 saturated heterocycles. The van der Waals surface area contributed by atoms with Gasteiger partial charge in [-0.05, 0) is 33.6 Å². The van der Waals surface area contributed by atoms with Crippen molar-refractivity contribution in [1.82, 2.24) is 0 Å². The van der Waals surface area contributed by atoms with Crippen molar-refractivity contribution in [2.24, 2.45) is 0 Å². The lowest BCUT2D eigenvalue weighted by Crippen LogP contribution is -2.23. The van der Waals surface area contributed by atoms with Gasteiger partial charge in [0, 0.05) is 7.11 Å². The van der Waals surface area contributed by atoms with Crippen LogP contribution in [0.25, 0.3) is 0 Å². The highest BCUT2D eigenvalue weighted by molar-refractivity contribution is 4.98. The highest BCUT2D eigenvalue weighted by atomic mass is 16.5. The van der Waals surface area contributed by atoms with Crippen LogP contribution in [0, 0.1) is 0 Å². The quantitative estimate of drug-likeness (QED) is 0.572. The molecule has 70 valence electrons. The Morgan fingerprint density at radius 3 is 2.42 bits per heavy atom. The Balaban J connectivity index is 3.89. The summed E-state index contributed by atoms with van der Waals surface area (Å²) < 4.78 is 5.32. The Morgan fingerprint density at radius 1 is 1.50 bits per heavy atom. The van der Waals surface area contributed by atoms with Crippen molar-refractivity contribution in [1.29, 1.82) is 0 Å². The number of methoxy groups -OCH3 is 1. The topological polar surface area (TPSA) is 9.23 Å². The van der Waals surface area contributed by atoms with Crippen LogP contribution in [0.1, 0.15) is 33.6 Å². The van der Waals surface area contributed by atoms with E-state index in [-0.39, 0.29) is 5.60 Å². The molecule has 0 aromatic heterocycles. The number of allylic oxidation sites excluding steroid dienone is 2. The van der Waals surface area contributed by atoms with E-state index < -0.39 is 0 Å². The molecule has 0 saturated carbocycles. The minimum Gasteiger partial charge on any atom is -0.374 e. The molecule has 0 N–H and O–H groups in total. The molecule has 0 aliphatic rings. The molecule has 1 atom stereocenters. The van der Waals surface area contributed by atoms with E-state index in [1.807, 2.05) is 6.08 Å². The molecule has 0 bridgehead atoms. The summed E-state index contributed by atoms with van der Waals surface area (Å²) in [7, 11) is 1.73. The van der Waals surface area contributed by atoms with Gasteiger partial charge in [0.15, 0.2) is 0 Å². The van der Waals surface area contributed by atoms with Crippen LogP contribution in [-0.4, -0.2) is 12.7 Å². The Bertz CT molecular complexity index is 166. The maximum absolute atomic E-state index is 5.32. The molecule has 1 heteroatoms. The summed E-state index contributed by atoms with van der Waals surface area (Å²) in [5, 5.41) is 0. The molecule has 0 heterocycles. The summed E-state index contributed by atoms with van der Waals surface area (Å²) in [6.45, 7) is 10.0. The van der Waals surface area contributed by atoms with E-state index in [0.29, 0.717) is 0 Å². The number of rotatable bonds is 5. The molecular weight excluding hydrogens is 148 g/mol. The second-order valence-corrected chi connectivity index (χ2v) is 3.54. The lowest BCUT2D eigenvalue weighted by molar-refractivity contribution is 0.0425. The van der Waals surface area contributed by atoms with Crippen LogP contribution in [0.3, 0.4) is 0 Å². The molecule has 0 aromatic rings. The minimum atomic E-state index is -0.161. The fraction of sp³-hybridized carbons (Fsp3) is 0.636. The number of hydrogen-bond donors (Lipinski definition) is 0. The molecular formula is C11H20O. The summed E-state index contributed by atoms with van der Waals surface area (Å²) in [5.74, 6) is 0. The van der Waals surface area contributed by atoms with Crippen molar-refractivity contribution in [3.63, 3.8) is 0 Å². The van der Waals surface area contributed by atoms with Gasteiger partial charge in [0.2, 0.25) is 0 Å². The van der Waals surface area contributed by atoms with Crippen molar-refractivity contribution in [2.45, 2.75) is 39.2 Å². The lowest BCUT2D eigenvalue weighted by Gasteiger charge is -2.23. The average Bonchev–Trinajstić information content (AvgIpc) is 2.03. The predicted molar refractivity (Wildman–Crippen MR) is 54.3 cm³/mol. The SMILES string of the molecule is C=C[C@](C)(CCC=C(C)C)OC. The van der Waals surface area contributed by atoms with E-state index in [2.05, 4.69) is 33.4 Å². The van der Waals surface area contributed by atoms with Crippen molar-refractivity contribution in [3.8, 4) is 0 Å². The molecule has 0 unspecified atom stereocenters. The molecule has 0 amide bonds. The van der Waals surface area contributed by atoms with Gasteiger partial charge in [0.25, 0.3) is 0 Å². The van der Waals surface area contributed by atoms with E-state index in [1.165, 1.54) is 5.57 Å². The molecule has 0 fully saturated rings. The normalized spacial score (nSPS) is 15.0. The second kappa shape index (κ2) is 5.15. The first kappa shape index (κ1) is 11.4. The molecule has 1 nitrogen and oxygen atoms in total. The molecule has 0 aliphatic heterocycles. The second-order valence-electron chi connectivity index (χ2n) is 3.54. The van der Waals surface area contributed by atoms with Crippen LogP contribution in [0.4, 0.5) is 0 Å². The highest BCUT2D eigenvalue weighted by Gasteiger charge is 2.16. The first-order valence-electron chi connectivity index (χ1n) is 4.36. The molecule has 0 aliphatic carbocycles. The Kier molecular flexibility index (Phi) is 4.91. The molecule has 0 radical (unpaired) electrons. The van der Waals surface area contributed by atoms with Crippen LogP contribution >= 0.6 is 0 Å². The van der Waals surface area contributed by atoms with Crippen LogP contribution in [0.2, 0.25) is 0 Å². The van der Waals surface area contributed by atoms with E-state index in [4.69, 9.17) is 4.74 Å². The van der Waals surface area contributed by atoms with Gasteiger partial charge in [-0.25, -0.2) is 0 Å². The Morgan fingerprint density at radius 2 is 2.08 bits per heavy atom. The van der Waals surface area contributed by atoms with Gasteiger partial charge < -0.3 is 4.74 Å². The van der Waals surface area contributed by atoms with Crippen LogP contribution in [0.15, 0.2) is 24.3 Å². The Hall–Kier alpha value is -0.560. The zero-order valence-electron chi connectivity index (χ0n) is 8.68. The third-order valence-electron chi connectivity index (χ3n) is 2.09. The summed E-state index contributed by atoms with van der Waals surface area (Å²) >= 11 is 0. The monoisotopic (exact) mass is 168 g/mol. The number of hydrogen-bond acceptors (Lipinski definition) is 1. The predicted octanol–water partition coefficient (Wildman–Crippen LogP) is 3.32. The third kappa shape index (κ3) is 4.35. The van der Waals surface area contributed by atoms with Crippen molar-refractivity contribution >= 4 is 0 Å². The smallest absolute Gasteiger partial charge is 0.0831 e. The minimum absolute atomic E-state index is 0.161. The van der Waals surface area contributed by atoms with Gasteiger partial charge in [-0.3, -0.25) is 0 Å². The summed E-state index contributed by atoms with van der Waals surface area (Å²) in [6, 6.07) is 0. The summed E-state index contributed by atoms with van der Waals surface area (Å²) in [5.41, 5.74) is 1.20. The lowest BCUT2D eigenvalue weighted by atomic mass is 9.99. The maximum Gasteiger partial charge on any atom is 0.0831 e. The van der Waals surface area contributed by atoms with E-state index in [1.54, 1.807) is 7.11 Å². The van der Waals surface area contributed by atoms with Crippen molar-refractivity contribution in [2.75, 3.05) is 7.11 Å². The average molecular weight is 168 g/mol. The van der Waals surface area contributed by atoms with Gasteiger partial charge in [0.05, 0.1) is 5.60 Å². The Labute approximate surface area is 76.1 Å². The van der Waals surface area contributed by atoms with Gasteiger partial charge in [-0.1, -0.05) is 17.7 Å². The first-order valence-corrected chi connectivity index (χ1v) is 4.36. The fourth-order valence-electron chi connectivity index (χ4n) is 0.935. The van der Waals surface area contributed by atoms with E-state index in [0.717, 1.165) is 12.8 Å². The molecule has 0 aromatic carbocycles. The largest absolute Gasteiger partial charge is 0.374 e. The van der Waals surface area contributed by atoms with Gasteiger partial charge in [-0.15, -0.1) is 6.58 Å². The first-order chi connectivity index (χ1) is 5.54. The molecule has 12 heavy (non-hydrogen) atoms. The molecule has 0 spiro atoms. The van der Waals surface area contributed by atoms with Gasteiger partial charge in [0.1, 0.15) is 0 Å². The maximum atomic E-state index is 5.32. The fourth-order valence-corrected chi connectivity index (χ4v) is 0.935. The van der Waals surface area contributed by atoms with Crippen LogP contribution < -0.4 is 0 Å². The van der Waals surface area contributed by atoms with Crippen LogP contribution in [0.5, 0.6) is 0 Å². The number of ether oxygens (including phenoxy) is 1. The zero-order valence-corrected chi connectivity index (χ0v) is 8.68. The standard InChI is InChI=1S/C11H20O/c1-6-11(4,12-5)9-7-8-10(2)3/h6,8H,1,7,9H2,2-5H3/t11-/m1/s1. The summed E-state index contributed by atoms with van der Waals surface area (Å²) in [4.78, 5) is 0. The zero-order chi connectivity index (χ0) is 9.61. The van der Waals surface area contributed by atoms with E-state index in [9.17, 15) is 0 Å². The summed E-state index contributed by atoms with van der Waals surface area (Å²) in [6.07, 6.45) is 6.14. The molecule has 0 rings (SSSR count). The highest BCUT2D eigenvalue weighted by Crippen LogP contribution is 2.18. The van der Waals surface area contributed by atoms with Crippen molar-refractivity contribution in [3.05, 3.63) is 24.3 Å². The van der Waals surface area contributed by atoms with Crippen LogP contribution in [-0.2, 0) is 4.74 Å². The third-order valence-corrected chi connectivity index (χ3v) is 2.09.